The predicted molar refractivity (Wildman–Crippen MR) is 122 cm³/mol. The normalized spacial score (nSPS) is 11.1. The number of carboxylic acid groups (broad SMARTS) is 1. The fourth-order valence-electron chi connectivity index (χ4n) is 3.34. The van der Waals surface area contributed by atoms with Gasteiger partial charge in [-0.1, -0.05) is 32.0 Å². The molecule has 168 valence electrons. The SMILES string of the molecule is COc1ccc(OCCCOc2ccc(C(C)(C)c3ccc(O)c(C(=O)O)c3)cc2)cc1. The summed E-state index contributed by atoms with van der Waals surface area (Å²) in [5, 5.41) is 19.1. The molecule has 0 amide bonds. The third-order valence-electron chi connectivity index (χ3n) is 5.41. The zero-order valence-electron chi connectivity index (χ0n) is 18.5. The highest BCUT2D eigenvalue weighted by Crippen LogP contribution is 2.34. The number of hydrogen-bond donors (Lipinski definition) is 2. The second-order valence-electron chi connectivity index (χ2n) is 7.91. The Kier molecular flexibility index (Phi) is 7.25. The van der Waals surface area contributed by atoms with Gasteiger partial charge in [0.2, 0.25) is 0 Å². The Morgan fingerprint density at radius 3 is 1.84 bits per heavy atom. The fraction of sp³-hybridized carbons (Fsp3) is 0.269. The van der Waals surface area contributed by atoms with Crippen molar-refractivity contribution in [3.63, 3.8) is 0 Å². The van der Waals surface area contributed by atoms with E-state index in [-0.39, 0.29) is 11.3 Å². The molecule has 0 fully saturated rings. The maximum atomic E-state index is 11.3. The summed E-state index contributed by atoms with van der Waals surface area (Å²) >= 11 is 0. The van der Waals surface area contributed by atoms with Gasteiger partial charge in [0.1, 0.15) is 28.6 Å². The van der Waals surface area contributed by atoms with Gasteiger partial charge in [-0.15, -0.1) is 0 Å². The van der Waals surface area contributed by atoms with E-state index in [2.05, 4.69) is 0 Å². The van der Waals surface area contributed by atoms with Gasteiger partial charge in [-0.05, 0) is 59.7 Å². The molecule has 0 aliphatic rings. The molecule has 0 aliphatic carbocycles. The molecule has 0 saturated carbocycles. The van der Waals surface area contributed by atoms with Crippen molar-refractivity contribution < 1.29 is 29.2 Å². The van der Waals surface area contributed by atoms with Crippen LogP contribution in [0, 0.1) is 0 Å². The van der Waals surface area contributed by atoms with E-state index in [1.807, 2.05) is 62.4 Å². The number of aromatic hydroxyl groups is 1. The number of carbonyl (C=O) groups is 1. The molecule has 0 bridgehead atoms. The molecular weight excluding hydrogens is 408 g/mol. The lowest BCUT2D eigenvalue weighted by atomic mass is 9.77. The minimum atomic E-state index is -1.15. The summed E-state index contributed by atoms with van der Waals surface area (Å²) in [5.74, 6) is 0.945. The van der Waals surface area contributed by atoms with E-state index < -0.39 is 11.4 Å². The van der Waals surface area contributed by atoms with Crippen LogP contribution in [0.5, 0.6) is 23.0 Å². The highest BCUT2D eigenvalue weighted by molar-refractivity contribution is 5.91. The van der Waals surface area contributed by atoms with Crippen LogP contribution in [0.15, 0.2) is 66.7 Å². The van der Waals surface area contributed by atoms with Crippen molar-refractivity contribution in [2.45, 2.75) is 25.7 Å². The van der Waals surface area contributed by atoms with Crippen molar-refractivity contribution in [1.29, 1.82) is 0 Å². The monoisotopic (exact) mass is 436 g/mol. The van der Waals surface area contributed by atoms with E-state index in [1.54, 1.807) is 13.2 Å². The number of methoxy groups -OCH3 is 1. The van der Waals surface area contributed by atoms with Crippen molar-refractivity contribution in [2.24, 2.45) is 0 Å². The van der Waals surface area contributed by atoms with Crippen LogP contribution >= 0.6 is 0 Å². The molecule has 0 radical (unpaired) electrons. The molecule has 6 nitrogen and oxygen atoms in total. The summed E-state index contributed by atoms with van der Waals surface area (Å²) in [6.45, 7) is 5.10. The molecule has 32 heavy (non-hydrogen) atoms. The number of rotatable bonds is 10. The van der Waals surface area contributed by atoms with Crippen LogP contribution in [0.25, 0.3) is 0 Å². The van der Waals surface area contributed by atoms with Gasteiger partial charge >= 0.3 is 5.97 Å². The Morgan fingerprint density at radius 1 is 0.812 bits per heavy atom. The number of phenols is 1. The van der Waals surface area contributed by atoms with Crippen LogP contribution in [-0.4, -0.2) is 36.5 Å². The third kappa shape index (κ3) is 5.52. The van der Waals surface area contributed by atoms with Gasteiger partial charge in [-0.3, -0.25) is 0 Å². The van der Waals surface area contributed by atoms with Crippen LogP contribution in [0.4, 0.5) is 0 Å². The minimum Gasteiger partial charge on any atom is -0.507 e. The number of hydrogen-bond acceptors (Lipinski definition) is 5. The van der Waals surface area contributed by atoms with E-state index in [4.69, 9.17) is 14.2 Å². The molecule has 0 heterocycles. The van der Waals surface area contributed by atoms with Crippen molar-refractivity contribution in [1.82, 2.24) is 0 Å². The number of carboxylic acids is 1. The minimum absolute atomic E-state index is 0.104. The number of ether oxygens (including phenoxy) is 3. The lowest BCUT2D eigenvalue weighted by molar-refractivity contribution is 0.0693. The lowest BCUT2D eigenvalue weighted by Crippen LogP contribution is -2.19. The Morgan fingerprint density at radius 2 is 1.31 bits per heavy atom. The maximum Gasteiger partial charge on any atom is 0.339 e. The second kappa shape index (κ2) is 10.1. The van der Waals surface area contributed by atoms with Gasteiger partial charge in [0, 0.05) is 11.8 Å². The highest BCUT2D eigenvalue weighted by Gasteiger charge is 2.25. The molecule has 0 aromatic heterocycles. The zero-order valence-corrected chi connectivity index (χ0v) is 18.5. The Labute approximate surface area is 188 Å². The predicted octanol–water partition coefficient (Wildman–Crippen LogP) is 5.27. The van der Waals surface area contributed by atoms with Crippen LogP contribution in [0.3, 0.4) is 0 Å². The average molecular weight is 437 g/mol. The summed E-state index contributed by atoms with van der Waals surface area (Å²) < 4.78 is 16.6. The molecular formula is C26H28O6. The van der Waals surface area contributed by atoms with Crippen LogP contribution < -0.4 is 14.2 Å². The van der Waals surface area contributed by atoms with E-state index in [9.17, 15) is 15.0 Å². The molecule has 0 unspecified atom stereocenters. The number of aromatic carboxylic acids is 1. The first-order chi connectivity index (χ1) is 15.3. The number of benzene rings is 3. The smallest absolute Gasteiger partial charge is 0.339 e. The van der Waals surface area contributed by atoms with E-state index >= 15 is 0 Å². The summed E-state index contributed by atoms with van der Waals surface area (Å²) in [6, 6.07) is 19.9. The van der Waals surface area contributed by atoms with E-state index in [1.165, 1.54) is 12.1 Å². The van der Waals surface area contributed by atoms with Crippen molar-refractivity contribution in [2.75, 3.05) is 20.3 Å². The fourth-order valence-corrected chi connectivity index (χ4v) is 3.34. The third-order valence-corrected chi connectivity index (χ3v) is 5.41. The standard InChI is InChI=1S/C26H28O6/c1-26(2,19-7-14-24(27)23(17-19)25(28)29)18-5-8-21(9-6-18)31-15-4-16-32-22-12-10-20(30-3)11-13-22/h5-14,17,27H,4,15-16H2,1-3H3,(H,28,29). The molecule has 2 N–H and O–H groups in total. The second-order valence-corrected chi connectivity index (χ2v) is 7.91. The summed E-state index contributed by atoms with van der Waals surface area (Å²) in [5.41, 5.74) is 1.27. The summed E-state index contributed by atoms with van der Waals surface area (Å²) in [6.07, 6.45) is 0.741. The molecule has 3 aromatic carbocycles. The first-order valence-electron chi connectivity index (χ1n) is 10.4. The molecule has 0 aliphatic heterocycles. The van der Waals surface area contributed by atoms with Gasteiger partial charge in [-0.25, -0.2) is 4.79 Å². The highest BCUT2D eigenvalue weighted by atomic mass is 16.5. The lowest BCUT2D eigenvalue weighted by Gasteiger charge is -2.27. The van der Waals surface area contributed by atoms with Crippen molar-refractivity contribution in [3.05, 3.63) is 83.4 Å². The van der Waals surface area contributed by atoms with Gasteiger partial charge < -0.3 is 24.4 Å². The average Bonchev–Trinajstić information content (AvgIpc) is 2.79. The molecule has 3 aromatic rings. The van der Waals surface area contributed by atoms with Gasteiger partial charge in [-0.2, -0.15) is 0 Å². The Hall–Kier alpha value is -3.67. The Bertz CT molecular complexity index is 1040. The summed E-state index contributed by atoms with van der Waals surface area (Å²) in [7, 11) is 1.63. The van der Waals surface area contributed by atoms with Gasteiger partial charge in [0.15, 0.2) is 0 Å². The van der Waals surface area contributed by atoms with Crippen LogP contribution in [-0.2, 0) is 5.41 Å². The molecule has 3 rings (SSSR count). The summed E-state index contributed by atoms with van der Waals surface area (Å²) in [4.78, 5) is 11.3. The van der Waals surface area contributed by atoms with Crippen LogP contribution in [0.1, 0.15) is 41.8 Å². The first kappa shape index (κ1) is 23.0. The molecule has 0 spiro atoms. The van der Waals surface area contributed by atoms with E-state index in [0.29, 0.717) is 13.2 Å². The molecule has 0 atom stereocenters. The molecule has 6 heteroatoms. The van der Waals surface area contributed by atoms with Gasteiger partial charge in [0.05, 0.1) is 20.3 Å². The van der Waals surface area contributed by atoms with Crippen molar-refractivity contribution in [3.8, 4) is 23.0 Å². The van der Waals surface area contributed by atoms with Crippen LogP contribution in [0.2, 0.25) is 0 Å². The first-order valence-corrected chi connectivity index (χ1v) is 10.4. The quantitative estimate of drug-likeness (QED) is 0.421. The topological polar surface area (TPSA) is 85.2 Å². The maximum absolute atomic E-state index is 11.3. The Balaban J connectivity index is 1.54. The molecule has 0 saturated heterocycles. The van der Waals surface area contributed by atoms with E-state index in [0.717, 1.165) is 34.8 Å². The van der Waals surface area contributed by atoms with Crippen molar-refractivity contribution >= 4 is 5.97 Å². The zero-order chi connectivity index (χ0) is 23.1. The largest absolute Gasteiger partial charge is 0.507 e. The van der Waals surface area contributed by atoms with Gasteiger partial charge in [0.25, 0.3) is 0 Å².